The lowest BCUT2D eigenvalue weighted by molar-refractivity contribution is -0.147. The van der Waals surface area contributed by atoms with Crippen molar-refractivity contribution >= 4 is 16.0 Å². The first-order chi connectivity index (χ1) is 18.3. The molecule has 4 rings (SSSR count). The Balaban J connectivity index is 1.56. The van der Waals surface area contributed by atoms with E-state index in [-0.39, 0.29) is 36.5 Å². The largest absolute Gasteiger partial charge is 0.463 e. The molecule has 0 radical (unpaired) electrons. The number of esters is 1. The Morgan fingerprint density at radius 2 is 1.58 bits per heavy atom. The number of nitrogens with zero attached hydrogens (tertiary/aromatic N) is 4. The fourth-order valence-corrected chi connectivity index (χ4v) is 5.32. The average Bonchev–Trinajstić information content (AvgIpc) is 2.93. The molecule has 8 nitrogen and oxygen atoms in total. The zero-order valence-electron chi connectivity index (χ0n) is 21.4. The number of pyridine rings is 1. The first kappa shape index (κ1) is 27.1. The molecular weight excluding hydrogens is 500 g/mol. The van der Waals surface area contributed by atoms with Crippen molar-refractivity contribution in [3.8, 4) is 11.4 Å². The van der Waals surface area contributed by atoms with Gasteiger partial charge in [0.2, 0.25) is 10.0 Å². The Kier molecular flexibility index (Phi) is 8.93. The van der Waals surface area contributed by atoms with Gasteiger partial charge >= 0.3 is 5.97 Å². The lowest BCUT2D eigenvalue weighted by Gasteiger charge is -2.23. The number of hydrogen-bond donors (Lipinski definition) is 0. The van der Waals surface area contributed by atoms with Gasteiger partial charge in [0, 0.05) is 49.9 Å². The van der Waals surface area contributed by atoms with Gasteiger partial charge in [0.05, 0.1) is 6.10 Å². The Morgan fingerprint density at radius 1 is 0.868 bits per heavy atom. The molecule has 0 atom stereocenters. The van der Waals surface area contributed by atoms with Crippen LogP contribution in [0.15, 0.2) is 96.4 Å². The number of aromatic nitrogens is 3. The Morgan fingerprint density at radius 3 is 2.26 bits per heavy atom. The molecule has 0 saturated heterocycles. The van der Waals surface area contributed by atoms with E-state index in [1.807, 2.05) is 62.4 Å². The number of aryl methyl sites for hydroxylation is 1. The number of rotatable bonds is 11. The first-order valence-corrected chi connectivity index (χ1v) is 13.8. The molecule has 0 unspecified atom stereocenters. The van der Waals surface area contributed by atoms with Crippen molar-refractivity contribution in [2.75, 3.05) is 0 Å². The quantitative estimate of drug-likeness (QED) is 0.256. The maximum absolute atomic E-state index is 13.6. The van der Waals surface area contributed by atoms with Gasteiger partial charge in [0.1, 0.15) is 4.90 Å². The van der Waals surface area contributed by atoms with Crippen molar-refractivity contribution in [2.24, 2.45) is 0 Å². The van der Waals surface area contributed by atoms with E-state index < -0.39 is 10.0 Å². The predicted octanol–water partition coefficient (Wildman–Crippen LogP) is 4.81. The molecule has 2 aromatic carbocycles. The smallest absolute Gasteiger partial charge is 0.306 e. The van der Waals surface area contributed by atoms with Crippen LogP contribution >= 0.6 is 0 Å². The lowest BCUT2D eigenvalue weighted by atomic mass is 10.1. The summed E-state index contributed by atoms with van der Waals surface area (Å²) in [4.78, 5) is 24.6. The summed E-state index contributed by atoms with van der Waals surface area (Å²) in [5.74, 6) is 0.350. The summed E-state index contributed by atoms with van der Waals surface area (Å²) in [6.45, 7) is 3.96. The van der Waals surface area contributed by atoms with E-state index in [9.17, 15) is 13.2 Å². The van der Waals surface area contributed by atoms with Gasteiger partial charge in [-0.2, -0.15) is 4.31 Å². The van der Waals surface area contributed by atoms with Crippen LogP contribution < -0.4 is 0 Å². The standard InChI is InChI=1S/C29H30N4O4S/c1-22(2)37-28(34)14-11-23-6-3-7-25(18-23)21-33(38(35,36)27-8-4-15-30-19-27)20-24-9-12-26(13-10-24)29-31-16-5-17-32-29/h3-10,12-13,15-19,22H,11,14,20-21H2,1-2H3. The number of benzene rings is 2. The van der Waals surface area contributed by atoms with Gasteiger partial charge in [-0.05, 0) is 55.2 Å². The third kappa shape index (κ3) is 7.30. The second-order valence-electron chi connectivity index (χ2n) is 9.09. The van der Waals surface area contributed by atoms with E-state index in [2.05, 4.69) is 15.0 Å². The maximum atomic E-state index is 13.6. The average molecular weight is 531 g/mol. The fraction of sp³-hybridized carbons (Fsp3) is 0.241. The van der Waals surface area contributed by atoms with Crippen LogP contribution in [0.25, 0.3) is 11.4 Å². The van der Waals surface area contributed by atoms with Crippen LogP contribution in [0.5, 0.6) is 0 Å². The third-order valence-corrected chi connectivity index (χ3v) is 7.52. The first-order valence-electron chi connectivity index (χ1n) is 12.3. The zero-order chi connectivity index (χ0) is 27.0. The van der Waals surface area contributed by atoms with Gasteiger partial charge in [-0.1, -0.05) is 48.5 Å². The second kappa shape index (κ2) is 12.5. The molecule has 38 heavy (non-hydrogen) atoms. The van der Waals surface area contributed by atoms with E-state index >= 15 is 0 Å². The summed E-state index contributed by atoms with van der Waals surface area (Å²) in [5, 5.41) is 0. The van der Waals surface area contributed by atoms with Crippen LogP contribution in [0.4, 0.5) is 0 Å². The molecule has 0 fully saturated rings. The minimum Gasteiger partial charge on any atom is -0.463 e. The molecule has 0 aliphatic heterocycles. The van der Waals surface area contributed by atoms with Crippen LogP contribution in [-0.4, -0.2) is 39.7 Å². The normalized spacial score (nSPS) is 11.6. The van der Waals surface area contributed by atoms with Crippen molar-refractivity contribution in [3.05, 3.63) is 108 Å². The second-order valence-corrected chi connectivity index (χ2v) is 11.0. The van der Waals surface area contributed by atoms with Crippen LogP contribution in [0, 0.1) is 0 Å². The molecule has 0 aliphatic carbocycles. The zero-order valence-corrected chi connectivity index (χ0v) is 22.2. The van der Waals surface area contributed by atoms with Gasteiger partial charge in [-0.15, -0.1) is 0 Å². The molecule has 9 heteroatoms. The van der Waals surface area contributed by atoms with Crippen molar-refractivity contribution < 1.29 is 17.9 Å². The number of carbonyl (C=O) groups is 1. The molecule has 0 bridgehead atoms. The third-order valence-electron chi connectivity index (χ3n) is 5.74. The number of sulfonamides is 1. The van der Waals surface area contributed by atoms with E-state index in [1.54, 1.807) is 36.8 Å². The van der Waals surface area contributed by atoms with Crippen molar-refractivity contribution in [1.82, 2.24) is 19.3 Å². The summed E-state index contributed by atoms with van der Waals surface area (Å²) in [6.07, 6.45) is 6.87. The molecule has 0 amide bonds. The number of hydrogen-bond acceptors (Lipinski definition) is 7. The summed E-state index contributed by atoms with van der Waals surface area (Å²) in [6, 6.07) is 20.1. The van der Waals surface area contributed by atoms with E-state index in [0.717, 1.165) is 22.3 Å². The molecular formula is C29H30N4O4S. The summed E-state index contributed by atoms with van der Waals surface area (Å²) < 4.78 is 33.9. The lowest BCUT2D eigenvalue weighted by Crippen LogP contribution is -2.30. The predicted molar refractivity (Wildman–Crippen MR) is 144 cm³/mol. The molecule has 4 aromatic rings. The van der Waals surface area contributed by atoms with Crippen molar-refractivity contribution in [3.63, 3.8) is 0 Å². The Labute approximate surface area is 223 Å². The Bertz CT molecular complexity index is 1450. The molecule has 0 spiro atoms. The summed E-state index contributed by atoms with van der Waals surface area (Å²) >= 11 is 0. The van der Waals surface area contributed by atoms with Crippen LogP contribution in [0.2, 0.25) is 0 Å². The number of carbonyl (C=O) groups excluding carboxylic acids is 1. The number of ether oxygens (including phenoxy) is 1. The highest BCUT2D eigenvalue weighted by Gasteiger charge is 2.25. The molecule has 2 aromatic heterocycles. The monoisotopic (exact) mass is 530 g/mol. The maximum Gasteiger partial charge on any atom is 0.306 e. The van der Waals surface area contributed by atoms with Gasteiger partial charge in [-0.25, -0.2) is 18.4 Å². The fourth-order valence-electron chi connectivity index (χ4n) is 3.94. The Hall–Kier alpha value is -3.95. The topological polar surface area (TPSA) is 102 Å². The minimum absolute atomic E-state index is 0.127. The van der Waals surface area contributed by atoms with Crippen molar-refractivity contribution in [2.45, 2.75) is 50.8 Å². The molecule has 2 heterocycles. The van der Waals surface area contributed by atoms with Gasteiger partial charge in [-0.3, -0.25) is 9.78 Å². The summed E-state index contributed by atoms with van der Waals surface area (Å²) in [5.41, 5.74) is 3.43. The molecule has 0 aliphatic rings. The van der Waals surface area contributed by atoms with Crippen LogP contribution in [0.3, 0.4) is 0 Å². The molecule has 196 valence electrons. The van der Waals surface area contributed by atoms with Gasteiger partial charge < -0.3 is 4.74 Å². The van der Waals surface area contributed by atoms with Crippen molar-refractivity contribution in [1.29, 1.82) is 0 Å². The highest BCUT2D eigenvalue weighted by molar-refractivity contribution is 7.89. The van der Waals surface area contributed by atoms with E-state index in [1.165, 1.54) is 10.5 Å². The molecule has 0 saturated carbocycles. The minimum atomic E-state index is -3.84. The van der Waals surface area contributed by atoms with Gasteiger partial charge in [0.15, 0.2) is 5.82 Å². The van der Waals surface area contributed by atoms with Crippen LogP contribution in [-0.2, 0) is 39.1 Å². The molecule has 0 N–H and O–H groups in total. The summed E-state index contributed by atoms with van der Waals surface area (Å²) in [7, 11) is -3.84. The van der Waals surface area contributed by atoms with E-state index in [0.29, 0.717) is 12.2 Å². The van der Waals surface area contributed by atoms with E-state index in [4.69, 9.17) is 4.74 Å². The van der Waals surface area contributed by atoms with Gasteiger partial charge in [0.25, 0.3) is 0 Å². The SMILES string of the molecule is CC(C)OC(=O)CCc1cccc(CN(Cc2ccc(-c3ncccn3)cc2)S(=O)(=O)c2cccnc2)c1. The van der Waals surface area contributed by atoms with Crippen LogP contribution in [0.1, 0.15) is 37.0 Å². The highest BCUT2D eigenvalue weighted by atomic mass is 32.2. The highest BCUT2D eigenvalue weighted by Crippen LogP contribution is 2.23.